The van der Waals surface area contributed by atoms with Crippen molar-refractivity contribution < 1.29 is 28.5 Å². The highest BCUT2D eigenvalue weighted by Crippen LogP contribution is 2.31. The Kier molecular flexibility index (Phi) is 5.43. The van der Waals surface area contributed by atoms with Crippen LogP contribution in [0.3, 0.4) is 0 Å². The van der Waals surface area contributed by atoms with E-state index in [1.165, 1.54) is 6.07 Å². The predicted molar refractivity (Wildman–Crippen MR) is 88.6 cm³/mol. The standard InChI is InChI=1S/C17H24F3N3O3/c1-10-15(25)16(26)12(24)9-23(10)8-11-5-6-22(7-11)14-4-2-3-13(21-14)17(18,19)20/h2-4,10-12,15-16,24-26H,5-9H2,1H3/t10-,11+,12+,15-,16-/m1/s1. The van der Waals surface area contributed by atoms with Crippen molar-refractivity contribution in [2.75, 3.05) is 31.1 Å². The maximum absolute atomic E-state index is 12.8. The van der Waals surface area contributed by atoms with Gasteiger partial charge in [-0.05, 0) is 31.4 Å². The van der Waals surface area contributed by atoms with E-state index in [2.05, 4.69) is 4.98 Å². The zero-order valence-corrected chi connectivity index (χ0v) is 14.5. The van der Waals surface area contributed by atoms with Crippen LogP contribution in [-0.2, 0) is 6.18 Å². The molecule has 1 aromatic heterocycles. The Morgan fingerprint density at radius 1 is 1.15 bits per heavy atom. The van der Waals surface area contributed by atoms with Crippen LogP contribution in [-0.4, -0.2) is 75.7 Å². The summed E-state index contributed by atoms with van der Waals surface area (Å²) in [4.78, 5) is 7.49. The number of hydrogen-bond donors (Lipinski definition) is 3. The van der Waals surface area contributed by atoms with Crippen LogP contribution in [0.4, 0.5) is 19.0 Å². The Morgan fingerprint density at radius 2 is 1.88 bits per heavy atom. The number of anilines is 1. The number of piperidine rings is 1. The summed E-state index contributed by atoms with van der Waals surface area (Å²) in [5.74, 6) is 0.493. The molecule has 2 aliphatic rings. The summed E-state index contributed by atoms with van der Waals surface area (Å²) in [6.45, 7) is 3.82. The predicted octanol–water partition coefficient (Wildman–Crippen LogP) is 0.713. The number of alkyl halides is 3. The molecule has 2 saturated heterocycles. The van der Waals surface area contributed by atoms with E-state index in [9.17, 15) is 28.5 Å². The third kappa shape index (κ3) is 3.95. The van der Waals surface area contributed by atoms with Crippen LogP contribution in [0.25, 0.3) is 0 Å². The zero-order chi connectivity index (χ0) is 19.1. The van der Waals surface area contributed by atoms with Gasteiger partial charge in [-0.25, -0.2) is 4.98 Å². The van der Waals surface area contributed by atoms with E-state index in [0.29, 0.717) is 25.5 Å². The van der Waals surface area contributed by atoms with Gasteiger partial charge in [-0.2, -0.15) is 13.2 Å². The van der Waals surface area contributed by atoms with Crippen molar-refractivity contribution in [3.63, 3.8) is 0 Å². The van der Waals surface area contributed by atoms with Gasteiger partial charge in [0.05, 0.1) is 12.2 Å². The molecule has 2 fully saturated rings. The molecule has 146 valence electrons. The zero-order valence-electron chi connectivity index (χ0n) is 14.5. The fourth-order valence-corrected chi connectivity index (χ4v) is 3.76. The number of pyridine rings is 1. The minimum absolute atomic E-state index is 0.184. The van der Waals surface area contributed by atoms with Gasteiger partial charge in [-0.3, -0.25) is 4.90 Å². The fourth-order valence-electron chi connectivity index (χ4n) is 3.76. The molecule has 0 saturated carbocycles. The molecule has 26 heavy (non-hydrogen) atoms. The number of rotatable bonds is 3. The molecule has 0 bridgehead atoms. The van der Waals surface area contributed by atoms with Crippen molar-refractivity contribution in [1.29, 1.82) is 0 Å². The van der Waals surface area contributed by atoms with Gasteiger partial charge in [-0.15, -0.1) is 0 Å². The largest absolute Gasteiger partial charge is 0.433 e. The lowest BCUT2D eigenvalue weighted by atomic mass is 9.93. The van der Waals surface area contributed by atoms with E-state index in [1.807, 2.05) is 9.80 Å². The van der Waals surface area contributed by atoms with Crippen molar-refractivity contribution in [1.82, 2.24) is 9.88 Å². The molecule has 5 atom stereocenters. The number of hydrogen-bond acceptors (Lipinski definition) is 6. The molecule has 3 heterocycles. The quantitative estimate of drug-likeness (QED) is 0.722. The minimum atomic E-state index is -4.47. The average Bonchev–Trinajstić information content (AvgIpc) is 3.06. The number of halogens is 3. The number of nitrogens with zero attached hydrogens (tertiary/aromatic N) is 3. The summed E-state index contributed by atoms with van der Waals surface area (Å²) in [5, 5.41) is 29.6. The second kappa shape index (κ2) is 7.30. The van der Waals surface area contributed by atoms with Crippen molar-refractivity contribution in [2.24, 2.45) is 5.92 Å². The van der Waals surface area contributed by atoms with Gasteiger partial charge in [0.2, 0.25) is 0 Å². The van der Waals surface area contributed by atoms with E-state index in [0.717, 1.165) is 12.5 Å². The first-order chi connectivity index (χ1) is 12.2. The van der Waals surface area contributed by atoms with Crippen LogP contribution in [0.1, 0.15) is 19.0 Å². The van der Waals surface area contributed by atoms with Gasteiger partial charge in [0.15, 0.2) is 0 Å². The maximum Gasteiger partial charge on any atom is 0.433 e. The van der Waals surface area contributed by atoms with E-state index in [4.69, 9.17) is 0 Å². The molecule has 0 aromatic carbocycles. The molecule has 0 amide bonds. The lowest BCUT2D eigenvalue weighted by Crippen LogP contribution is -2.60. The highest BCUT2D eigenvalue weighted by Gasteiger charge is 2.40. The molecule has 0 radical (unpaired) electrons. The van der Waals surface area contributed by atoms with Gasteiger partial charge in [-0.1, -0.05) is 6.07 Å². The van der Waals surface area contributed by atoms with E-state index in [-0.39, 0.29) is 18.5 Å². The maximum atomic E-state index is 12.8. The second-order valence-electron chi connectivity index (χ2n) is 7.22. The third-order valence-corrected chi connectivity index (χ3v) is 5.36. The Morgan fingerprint density at radius 3 is 2.58 bits per heavy atom. The summed E-state index contributed by atoms with van der Waals surface area (Å²) >= 11 is 0. The first kappa shape index (κ1) is 19.3. The highest BCUT2D eigenvalue weighted by atomic mass is 19.4. The van der Waals surface area contributed by atoms with Crippen LogP contribution in [0.5, 0.6) is 0 Å². The monoisotopic (exact) mass is 375 g/mol. The normalized spacial score (nSPS) is 33.7. The molecular weight excluding hydrogens is 351 g/mol. The summed E-state index contributed by atoms with van der Waals surface area (Å²) in [5.41, 5.74) is -0.900. The van der Waals surface area contributed by atoms with E-state index >= 15 is 0 Å². The highest BCUT2D eigenvalue weighted by molar-refractivity contribution is 5.41. The van der Waals surface area contributed by atoms with Gasteiger partial charge >= 0.3 is 6.18 Å². The van der Waals surface area contributed by atoms with Crippen LogP contribution in [0, 0.1) is 5.92 Å². The Balaban J connectivity index is 1.63. The molecule has 1 aromatic rings. The lowest BCUT2D eigenvalue weighted by Gasteiger charge is -2.43. The summed E-state index contributed by atoms with van der Waals surface area (Å²) < 4.78 is 38.5. The first-order valence-corrected chi connectivity index (χ1v) is 8.74. The van der Waals surface area contributed by atoms with Crippen LogP contribution in [0.15, 0.2) is 18.2 Å². The van der Waals surface area contributed by atoms with Gasteiger partial charge in [0.25, 0.3) is 0 Å². The minimum Gasteiger partial charge on any atom is -0.389 e. The van der Waals surface area contributed by atoms with Crippen molar-refractivity contribution in [3.05, 3.63) is 23.9 Å². The van der Waals surface area contributed by atoms with Crippen molar-refractivity contribution in [3.8, 4) is 0 Å². The topological polar surface area (TPSA) is 80.1 Å². The lowest BCUT2D eigenvalue weighted by molar-refractivity contribution is -0.141. The summed E-state index contributed by atoms with van der Waals surface area (Å²) in [6.07, 6.45) is -6.87. The Bertz CT molecular complexity index is 631. The van der Waals surface area contributed by atoms with Crippen LogP contribution in [0.2, 0.25) is 0 Å². The van der Waals surface area contributed by atoms with Gasteiger partial charge in [0.1, 0.15) is 17.6 Å². The third-order valence-electron chi connectivity index (χ3n) is 5.36. The average molecular weight is 375 g/mol. The molecule has 0 aliphatic carbocycles. The summed E-state index contributed by atoms with van der Waals surface area (Å²) in [6, 6.07) is 3.60. The van der Waals surface area contributed by atoms with Crippen LogP contribution >= 0.6 is 0 Å². The number of aliphatic hydroxyl groups excluding tert-OH is 3. The van der Waals surface area contributed by atoms with Crippen molar-refractivity contribution in [2.45, 2.75) is 43.9 Å². The molecule has 0 spiro atoms. The number of likely N-dealkylation sites (tertiary alicyclic amines) is 1. The molecule has 6 nitrogen and oxygen atoms in total. The van der Waals surface area contributed by atoms with Gasteiger partial charge in [0, 0.05) is 32.2 Å². The Labute approximate surface area is 149 Å². The van der Waals surface area contributed by atoms with E-state index < -0.39 is 30.2 Å². The van der Waals surface area contributed by atoms with E-state index in [1.54, 1.807) is 13.0 Å². The number of aromatic nitrogens is 1. The fraction of sp³-hybridized carbons (Fsp3) is 0.706. The SMILES string of the molecule is C[C@@H]1[C@@H](O)[C@H](O)[C@@H](O)CN1C[C@H]1CCN(c2cccc(C(F)(F)F)n2)C1. The smallest absolute Gasteiger partial charge is 0.389 e. The van der Waals surface area contributed by atoms with Crippen LogP contribution < -0.4 is 4.90 Å². The molecule has 9 heteroatoms. The first-order valence-electron chi connectivity index (χ1n) is 8.74. The molecule has 3 rings (SSSR count). The molecule has 3 N–H and O–H groups in total. The number of β-amino-alcohol motifs (C(OH)–C–C–N with tert-alkyl or cyclic N) is 1. The molecular formula is C17H24F3N3O3. The second-order valence-corrected chi connectivity index (χ2v) is 7.22. The molecule has 2 aliphatic heterocycles. The summed E-state index contributed by atoms with van der Waals surface area (Å²) in [7, 11) is 0. The molecule has 0 unspecified atom stereocenters. The van der Waals surface area contributed by atoms with Crippen molar-refractivity contribution >= 4 is 5.82 Å². The van der Waals surface area contributed by atoms with Gasteiger partial charge < -0.3 is 20.2 Å². The number of aliphatic hydroxyl groups is 3. The Hall–Kier alpha value is -1.42.